The van der Waals surface area contributed by atoms with Crippen LogP contribution in [0.4, 0.5) is 0 Å². The Bertz CT molecular complexity index is 248. The molecule has 0 amide bonds. The standard InChI is InChI=1S/C8H7Cl2O/c1-5-2-6(4-11)3-7(9)8(5)10/h2-3,11H,1,4H2. The lowest BCUT2D eigenvalue weighted by atomic mass is 10.1. The summed E-state index contributed by atoms with van der Waals surface area (Å²) in [6.07, 6.45) is 0. The molecule has 0 aliphatic carbocycles. The summed E-state index contributed by atoms with van der Waals surface area (Å²) < 4.78 is 0. The van der Waals surface area contributed by atoms with Crippen LogP contribution in [0.25, 0.3) is 0 Å². The van der Waals surface area contributed by atoms with Crippen molar-refractivity contribution in [2.75, 3.05) is 0 Å². The first-order valence-electron chi connectivity index (χ1n) is 3.06. The molecule has 0 bridgehead atoms. The van der Waals surface area contributed by atoms with Crippen LogP contribution in [0.2, 0.25) is 10.0 Å². The van der Waals surface area contributed by atoms with Gasteiger partial charge in [0.2, 0.25) is 0 Å². The molecule has 0 spiro atoms. The SMILES string of the molecule is [CH2]c1cc(CO)cc(Cl)c1Cl. The van der Waals surface area contributed by atoms with Crippen molar-refractivity contribution in [2.24, 2.45) is 0 Å². The molecule has 0 aliphatic rings. The smallest absolute Gasteiger partial charge is 0.0682 e. The van der Waals surface area contributed by atoms with Crippen molar-refractivity contribution >= 4 is 23.2 Å². The number of halogens is 2. The zero-order valence-electron chi connectivity index (χ0n) is 5.77. The van der Waals surface area contributed by atoms with E-state index in [1.54, 1.807) is 12.1 Å². The molecule has 0 heterocycles. The second-order valence-corrected chi connectivity index (χ2v) is 2.99. The van der Waals surface area contributed by atoms with Crippen molar-refractivity contribution in [2.45, 2.75) is 6.61 Å². The van der Waals surface area contributed by atoms with E-state index in [4.69, 9.17) is 28.3 Å². The molecular weight excluding hydrogens is 183 g/mol. The minimum atomic E-state index is -0.0423. The Labute approximate surface area is 75.6 Å². The fourth-order valence-electron chi connectivity index (χ4n) is 0.800. The van der Waals surface area contributed by atoms with E-state index in [0.29, 0.717) is 15.6 Å². The van der Waals surface area contributed by atoms with E-state index in [-0.39, 0.29) is 6.61 Å². The highest BCUT2D eigenvalue weighted by Crippen LogP contribution is 2.26. The van der Waals surface area contributed by atoms with Gasteiger partial charge in [-0.25, -0.2) is 0 Å². The average Bonchev–Trinajstić information content (AvgIpc) is 1.99. The fourth-order valence-corrected chi connectivity index (χ4v) is 1.17. The molecular formula is C8H7Cl2O. The van der Waals surface area contributed by atoms with Gasteiger partial charge in [-0.3, -0.25) is 0 Å². The van der Waals surface area contributed by atoms with Crippen molar-refractivity contribution in [1.82, 2.24) is 0 Å². The molecule has 59 valence electrons. The van der Waals surface area contributed by atoms with Crippen LogP contribution in [-0.2, 0) is 6.61 Å². The molecule has 1 radical (unpaired) electrons. The lowest BCUT2D eigenvalue weighted by Crippen LogP contribution is -1.85. The first-order chi connectivity index (χ1) is 5.15. The predicted molar refractivity (Wildman–Crippen MR) is 46.8 cm³/mol. The zero-order chi connectivity index (χ0) is 8.43. The molecule has 0 aliphatic heterocycles. The van der Waals surface area contributed by atoms with Gasteiger partial charge in [-0.15, -0.1) is 0 Å². The maximum atomic E-state index is 8.75. The quantitative estimate of drug-likeness (QED) is 0.721. The van der Waals surface area contributed by atoms with E-state index in [1.807, 2.05) is 0 Å². The predicted octanol–water partition coefficient (Wildman–Crippen LogP) is 2.67. The van der Waals surface area contributed by atoms with Crippen LogP contribution < -0.4 is 0 Å². The highest BCUT2D eigenvalue weighted by atomic mass is 35.5. The topological polar surface area (TPSA) is 20.2 Å². The summed E-state index contributed by atoms with van der Waals surface area (Å²) in [5.74, 6) is 0. The Balaban J connectivity index is 3.21. The van der Waals surface area contributed by atoms with E-state index in [2.05, 4.69) is 6.92 Å². The van der Waals surface area contributed by atoms with Crippen molar-refractivity contribution in [1.29, 1.82) is 0 Å². The Morgan fingerprint density at radius 2 is 2.00 bits per heavy atom. The van der Waals surface area contributed by atoms with Crippen LogP contribution in [0, 0.1) is 6.92 Å². The molecule has 0 saturated carbocycles. The molecule has 0 aromatic heterocycles. The molecule has 0 fully saturated rings. The molecule has 0 unspecified atom stereocenters. The summed E-state index contributed by atoms with van der Waals surface area (Å²) in [5, 5.41) is 9.63. The maximum absolute atomic E-state index is 8.75. The highest BCUT2D eigenvalue weighted by molar-refractivity contribution is 6.42. The molecule has 1 rings (SSSR count). The summed E-state index contributed by atoms with van der Waals surface area (Å²) in [6.45, 7) is 3.62. The maximum Gasteiger partial charge on any atom is 0.0682 e. The number of hydrogen-bond acceptors (Lipinski definition) is 1. The highest BCUT2D eigenvalue weighted by Gasteiger charge is 2.02. The van der Waals surface area contributed by atoms with Crippen molar-refractivity contribution in [3.05, 3.63) is 40.2 Å². The van der Waals surface area contributed by atoms with Gasteiger partial charge in [0, 0.05) is 0 Å². The van der Waals surface area contributed by atoms with Gasteiger partial charge in [-0.05, 0) is 24.1 Å². The van der Waals surface area contributed by atoms with Gasteiger partial charge in [0.05, 0.1) is 16.7 Å². The van der Waals surface area contributed by atoms with Crippen molar-refractivity contribution in [3.63, 3.8) is 0 Å². The third-order valence-corrected chi connectivity index (χ3v) is 2.19. The monoisotopic (exact) mass is 189 g/mol. The summed E-state index contributed by atoms with van der Waals surface area (Å²) in [7, 11) is 0. The fraction of sp³-hybridized carbons (Fsp3) is 0.125. The third kappa shape index (κ3) is 1.86. The van der Waals surface area contributed by atoms with E-state index >= 15 is 0 Å². The summed E-state index contributed by atoms with van der Waals surface area (Å²) in [4.78, 5) is 0. The van der Waals surface area contributed by atoms with Crippen LogP contribution in [0.1, 0.15) is 11.1 Å². The number of hydrogen-bond donors (Lipinski definition) is 1. The third-order valence-electron chi connectivity index (χ3n) is 1.35. The molecule has 0 atom stereocenters. The minimum Gasteiger partial charge on any atom is -0.392 e. The van der Waals surface area contributed by atoms with Gasteiger partial charge >= 0.3 is 0 Å². The van der Waals surface area contributed by atoms with E-state index < -0.39 is 0 Å². The average molecular weight is 190 g/mol. The van der Waals surface area contributed by atoms with Gasteiger partial charge in [-0.2, -0.15) is 0 Å². The van der Waals surface area contributed by atoms with Gasteiger partial charge < -0.3 is 5.11 Å². The molecule has 11 heavy (non-hydrogen) atoms. The summed E-state index contributed by atoms with van der Waals surface area (Å²) in [5.41, 5.74) is 1.37. The van der Waals surface area contributed by atoms with Crippen LogP contribution in [0.3, 0.4) is 0 Å². The van der Waals surface area contributed by atoms with Gasteiger partial charge in [0.25, 0.3) is 0 Å². The molecule has 0 saturated heterocycles. The molecule has 1 aromatic rings. The van der Waals surface area contributed by atoms with E-state index in [1.165, 1.54) is 0 Å². The lowest BCUT2D eigenvalue weighted by molar-refractivity contribution is 0.282. The zero-order valence-corrected chi connectivity index (χ0v) is 7.28. The van der Waals surface area contributed by atoms with E-state index in [9.17, 15) is 0 Å². The molecule has 1 aromatic carbocycles. The largest absolute Gasteiger partial charge is 0.392 e. The number of aliphatic hydroxyl groups excluding tert-OH is 1. The van der Waals surface area contributed by atoms with Crippen LogP contribution in [0.5, 0.6) is 0 Å². The number of rotatable bonds is 1. The first-order valence-corrected chi connectivity index (χ1v) is 3.81. The Morgan fingerprint density at radius 3 is 2.45 bits per heavy atom. The van der Waals surface area contributed by atoms with Gasteiger partial charge in [0.15, 0.2) is 0 Å². The Kier molecular flexibility index (Phi) is 2.77. The van der Waals surface area contributed by atoms with Gasteiger partial charge in [-0.1, -0.05) is 29.3 Å². The lowest BCUT2D eigenvalue weighted by Gasteiger charge is -2.02. The number of aliphatic hydroxyl groups is 1. The van der Waals surface area contributed by atoms with Crippen LogP contribution >= 0.6 is 23.2 Å². The molecule has 3 heteroatoms. The molecule has 1 nitrogen and oxygen atoms in total. The second kappa shape index (κ2) is 3.44. The Morgan fingerprint density at radius 1 is 1.36 bits per heavy atom. The van der Waals surface area contributed by atoms with Gasteiger partial charge in [0.1, 0.15) is 0 Å². The summed E-state index contributed by atoms with van der Waals surface area (Å²) >= 11 is 11.4. The number of benzene rings is 1. The second-order valence-electron chi connectivity index (χ2n) is 2.21. The molecule has 1 N–H and O–H groups in total. The van der Waals surface area contributed by atoms with E-state index in [0.717, 1.165) is 5.56 Å². The summed E-state index contributed by atoms with van der Waals surface area (Å²) in [6, 6.07) is 3.33. The van der Waals surface area contributed by atoms with Crippen molar-refractivity contribution in [3.8, 4) is 0 Å². The minimum absolute atomic E-state index is 0.0423. The van der Waals surface area contributed by atoms with Crippen molar-refractivity contribution < 1.29 is 5.11 Å². The Hall–Kier alpha value is -0.240. The first kappa shape index (κ1) is 8.85. The van der Waals surface area contributed by atoms with Crippen LogP contribution in [0.15, 0.2) is 12.1 Å². The van der Waals surface area contributed by atoms with Crippen LogP contribution in [-0.4, -0.2) is 5.11 Å². The normalized spacial score (nSPS) is 10.2.